The van der Waals surface area contributed by atoms with Crippen molar-refractivity contribution in [1.29, 1.82) is 0 Å². The van der Waals surface area contributed by atoms with Crippen molar-refractivity contribution in [3.63, 3.8) is 0 Å². The molecule has 0 saturated heterocycles. The van der Waals surface area contributed by atoms with E-state index in [1.54, 1.807) is 12.1 Å². The van der Waals surface area contributed by atoms with Crippen LogP contribution in [-0.2, 0) is 11.2 Å². The van der Waals surface area contributed by atoms with Crippen LogP contribution in [0.1, 0.15) is 45.6 Å². The molecule has 1 nitrogen and oxygen atoms in total. The second-order valence-corrected chi connectivity index (χ2v) is 7.38. The molecule has 3 heteroatoms. The average Bonchev–Trinajstić information content (AvgIpc) is 2.35. The maximum absolute atomic E-state index is 13.8. The molecule has 20 heavy (non-hydrogen) atoms. The van der Waals surface area contributed by atoms with Gasteiger partial charge in [-0.15, -0.1) is 0 Å². The fraction of sp³-hybridized carbons (Fsp3) is 0.588. The lowest BCUT2D eigenvalue weighted by atomic mass is 9.67. The van der Waals surface area contributed by atoms with Gasteiger partial charge in [0.1, 0.15) is 11.6 Å². The molecule has 1 aliphatic carbocycles. The van der Waals surface area contributed by atoms with E-state index in [2.05, 4.69) is 20.8 Å². The number of hydrogen-bond acceptors (Lipinski definition) is 1. The van der Waals surface area contributed by atoms with Crippen molar-refractivity contribution >= 4 is 17.4 Å². The highest BCUT2D eigenvalue weighted by atomic mass is 35.5. The van der Waals surface area contributed by atoms with Gasteiger partial charge in [0, 0.05) is 17.4 Å². The molecule has 2 atom stereocenters. The van der Waals surface area contributed by atoms with E-state index in [-0.39, 0.29) is 22.9 Å². The summed E-state index contributed by atoms with van der Waals surface area (Å²) in [6.45, 7) is 6.64. The Hall–Kier alpha value is -0.890. The third kappa shape index (κ3) is 3.60. The Morgan fingerprint density at radius 3 is 2.70 bits per heavy atom. The number of benzene rings is 1. The van der Waals surface area contributed by atoms with Crippen molar-refractivity contribution in [3.8, 4) is 0 Å². The summed E-state index contributed by atoms with van der Waals surface area (Å²) in [4.78, 5) is 12.1. The third-order valence-corrected chi connectivity index (χ3v) is 4.70. The number of halogens is 2. The summed E-state index contributed by atoms with van der Waals surface area (Å²) in [7, 11) is 0. The standard InChI is InChI=1S/C17H22ClFO/c1-17(2,3)13-4-7-16(20)12(9-13)8-11-10-14(18)5-6-15(11)19/h5-6,10,12-13H,4,7-9H2,1-3H3. The second-order valence-electron chi connectivity index (χ2n) is 6.94. The van der Waals surface area contributed by atoms with Crippen LogP contribution < -0.4 is 0 Å². The topological polar surface area (TPSA) is 17.1 Å². The van der Waals surface area contributed by atoms with E-state index in [4.69, 9.17) is 11.6 Å². The van der Waals surface area contributed by atoms with Gasteiger partial charge in [-0.2, -0.15) is 0 Å². The smallest absolute Gasteiger partial charge is 0.136 e. The van der Waals surface area contributed by atoms with Gasteiger partial charge in [-0.3, -0.25) is 4.79 Å². The highest BCUT2D eigenvalue weighted by Gasteiger charge is 2.35. The highest BCUT2D eigenvalue weighted by molar-refractivity contribution is 6.30. The lowest BCUT2D eigenvalue weighted by molar-refractivity contribution is -0.126. The Morgan fingerprint density at radius 1 is 1.35 bits per heavy atom. The van der Waals surface area contributed by atoms with E-state index in [0.717, 1.165) is 12.8 Å². The van der Waals surface area contributed by atoms with Gasteiger partial charge in [0.05, 0.1) is 0 Å². The molecule has 0 aliphatic heterocycles. The first-order chi connectivity index (χ1) is 9.27. The van der Waals surface area contributed by atoms with E-state index < -0.39 is 0 Å². The number of ketones is 1. The van der Waals surface area contributed by atoms with Crippen LogP contribution in [-0.4, -0.2) is 5.78 Å². The Labute approximate surface area is 125 Å². The molecule has 1 saturated carbocycles. The fourth-order valence-corrected chi connectivity index (χ4v) is 3.26. The van der Waals surface area contributed by atoms with E-state index in [0.29, 0.717) is 29.3 Å². The second kappa shape index (κ2) is 5.85. The van der Waals surface area contributed by atoms with Crippen LogP contribution in [0.4, 0.5) is 4.39 Å². The molecule has 1 aromatic carbocycles. The minimum atomic E-state index is -0.264. The van der Waals surface area contributed by atoms with Gasteiger partial charge in [-0.1, -0.05) is 32.4 Å². The fourth-order valence-electron chi connectivity index (χ4n) is 3.06. The van der Waals surface area contributed by atoms with E-state index >= 15 is 0 Å². The molecule has 0 bridgehead atoms. The van der Waals surface area contributed by atoms with E-state index in [1.165, 1.54) is 6.07 Å². The van der Waals surface area contributed by atoms with Crippen molar-refractivity contribution in [3.05, 3.63) is 34.6 Å². The molecular formula is C17H22ClFO. The monoisotopic (exact) mass is 296 g/mol. The van der Waals surface area contributed by atoms with Crippen LogP contribution in [0.3, 0.4) is 0 Å². The minimum Gasteiger partial charge on any atom is -0.299 e. The number of carbonyl (C=O) groups excluding carboxylic acids is 1. The zero-order valence-electron chi connectivity index (χ0n) is 12.4. The first-order valence-electron chi connectivity index (χ1n) is 7.24. The van der Waals surface area contributed by atoms with Gasteiger partial charge < -0.3 is 0 Å². The van der Waals surface area contributed by atoms with Crippen LogP contribution in [0, 0.1) is 23.1 Å². The molecule has 0 amide bonds. The molecule has 0 aromatic heterocycles. The van der Waals surface area contributed by atoms with Crippen LogP contribution in [0.15, 0.2) is 18.2 Å². The molecule has 1 fully saturated rings. The zero-order valence-corrected chi connectivity index (χ0v) is 13.1. The molecule has 110 valence electrons. The quantitative estimate of drug-likeness (QED) is 0.746. The van der Waals surface area contributed by atoms with Gasteiger partial charge in [0.2, 0.25) is 0 Å². The third-order valence-electron chi connectivity index (χ3n) is 4.46. The zero-order chi connectivity index (χ0) is 14.9. The largest absolute Gasteiger partial charge is 0.299 e. The van der Waals surface area contributed by atoms with Crippen molar-refractivity contribution in [2.75, 3.05) is 0 Å². The summed E-state index contributed by atoms with van der Waals surface area (Å²) in [5, 5.41) is 0.525. The summed E-state index contributed by atoms with van der Waals surface area (Å²) in [5.41, 5.74) is 0.761. The van der Waals surface area contributed by atoms with Gasteiger partial charge >= 0.3 is 0 Å². The first kappa shape index (κ1) is 15.5. The van der Waals surface area contributed by atoms with Gasteiger partial charge in [0.25, 0.3) is 0 Å². The lowest BCUT2D eigenvalue weighted by Gasteiger charge is -2.37. The van der Waals surface area contributed by atoms with Crippen LogP contribution in [0.25, 0.3) is 0 Å². The molecule has 2 unspecified atom stereocenters. The first-order valence-corrected chi connectivity index (χ1v) is 7.62. The van der Waals surface area contributed by atoms with E-state index in [1.807, 2.05) is 0 Å². The molecule has 0 N–H and O–H groups in total. The van der Waals surface area contributed by atoms with Crippen molar-refractivity contribution in [1.82, 2.24) is 0 Å². The molecular weight excluding hydrogens is 275 g/mol. The minimum absolute atomic E-state index is 0.0686. The molecule has 0 heterocycles. The molecule has 1 aromatic rings. The number of Topliss-reactive ketones (excluding diaryl/α,β-unsaturated/α-hetero) is 1. The van der Waals surface area contributed by atoms with E-state index in [9.17, 15) is 9.18 Å². The van der Waals surface area contributed by atoms with Gasteiger partial charge in [-0.05, 0) is 54.4 Å². The van der Waals surface area contributed by atoms with Crippen LogP contribution in [0.5, 0.6) is 0 Å². The molecule has 2 rings (SSSR count). The van der Waals surface area contributed by atoms with Crippen molar-refractivity contribution in [2.45, 2.75) is 46.5 Å². The van der Waals surface area contributed by atoms with Crippen molar-refractivity contribution in [2.24, 2.45) is 17.3 Å². The summed E-state index contributed by atoms with van der Waals surface area (Å²) in [6.07, 6.45) is 2.90. The number of carbonyl (C=O) groups is 1. The SMILES string of the molecule is CC(C)(C)C1CCC(=O)C(Cc2cc(Cl)ccc2F)C1. The molecule has 0 radical (unpaired) electrons. The maximum Gasteiger partial charge on any atom is 0.136 e. The summed E-state index contributed by atoms with van der Waals surface area (Å²) >= 11 is 5.92. The number of rotatable bonds is 2. The predicted molar refractivity (Wildman–Crippen MR) is 80.4 cm³/mol. The van der Waals surface area contributed by atoms with Gasteiger partial charge in [-0.25, -0.2) is 4.39 Å². The Morgan fingerprint density at radius 2 is 2.05 bits per heavy atom. The summed E-state index contributed by atoms with van der Waals surface area (Å²) < 4.78 is 13.8. The van der Waals surface area contributed by atoms with Gasteiger partial charge in [0.15, 0.2) is 0 Å². The van der Waals surface area contributed by atoms with Crippen LogP contribution in [0.2, 0.25) is 5.02 Å². The molecule has 1 aliphatic rings. The van der Waals surface area contributed by atoms with Crippen LogP contribution >= 0.6 is 11.6 Å². The maximum atomic E-state index is 13.8. The number of hydrogen-bond donors (Lipinski definition) is 0. The average molecular weight is 297 g/mol. The van der Waals surface area contributed by atoms with Crippen molar-refractivity contribution < 1.29 is 9.18 Å². The summed E-state index contributed by atoms with van der Waals surface area (Å²) in [5.74, 6) is 0.457. The normalized spacial score (nSPS) is 23.9. The Kier molecular flexibility index (Phi) is 4.53. The Balaban J connectivity index is 2.14. The lowest BCUT2D eigenvalue weighted by Crippen LogP contribution is -2.33. The summed E-state index contributed by atoms with van der Waals surface area (Å²) in [6, 6.07) is 4.57. The Bertz CT molecular complexity index is 504. The predicted octanol–water partition coefficient (Wildman–Crippen LogP) is 5.05. The molecule has 0 spiro atoms. The highest BCUT2D eigenvalue weighted by Crippen LogP contribution is 2.40.